The Morgan fingerprint density at radius 1 is 1.03 bits per heavy atom. The van der Waals surface area contributed by atoms with E-state index in [1.54, 1.807) is 12.1 Å². The van der Waals surface area contributed by atoms with Crippen LogP contribution in [0.2, 0.25) is 5.02 Å². The fraction of sp³-hybridized carbons (Fsp3) is 0.680. The first-order valence-electron chi connectivity index (χ1n) is 12.0. The third kappa shape index (κ3) is 4.62. The fourth-order valence-electron chi connectivity index (χ4n) is 5.90. The molecule has 1 saturated heterocycles. The maximum Gasteiger partial charge on any atom is 0.315 e. The predicted molar refractivity (Wildman–Crippen MR) is 125 cm³/mol. The van der Waals surface area contributed by atoms with Gasteiger partial charge < -0.3 is 20.6 Å². The van der Waals surface area contributed by atoms with Crippen LogP contribution in [0.3, 0.4) is 0 Å². The lowest BCUT2D eigenvalue weighted by atomic mass is 9.66. The molecule has 4 rings (SSSR count). The Morgan fingerprint density at radius 3 is 2.38 bits per heavy atom. The molecule has 3 aliphatic rings. The molecule has 1 aromatic rings. The summed E-state index contributed by atoms with van der Waals surface area (Å²) in [6, 6.07) is 7.35. The molecule has 3 fully saturated rings. The minimum Gasteiger partial charge on any atom is -0.384 e. The van der Waals surface area contributed by atoms with Crippen molar-refractivity contribution < 1.29 is 14.7 Å². The van der Waals surface area contributed by atoms with Gasteiger partial charge in [-0.15, -0.1) is 0 Å². The topological polar surface area (TPSA) is 81.7 Å². The van der Waals surface area contributed by atoms with Crippen molar-refractivity contribution in [1.82, 2.24) is 15.5 Å². The Hall–Kier alpha value is -1.79. The van der Waals surface area contributed by atoms with Crippen LogP contribution in [0.1, 0.15) is 70.8 Å². The van der Waals surface area contributed by atoms with Gasteiger partial charge in [0.25, 0.3) is 0 Å². The number of nitrogens with zero attached hydrogens (tertiary/aromatic N) is 1. The maximum absolute atomic E-state index is 13.5. The van der Waals surface area contributed by atoms with Gasteiger partial charge in [-0.05, 0) is 49.8 Å². The molecule has 0 aromatic heterocycles. The largest absolute Gasteiger partial charge is 0.384 e. The molecule has 1 heterocycles. The molecule has 0 unspecified atom stereocenters. The number of aliphatic hydroxyl groups is 1. The van der Waals surface area contributed by atoms with E-state index in [4.69, 9.17) is 11.6 Å². The molecular formula is C25H36ClN3O3. The van der Waals surface area contributed by atoms with E-state index in [1.165, 1.54) is 12.8 Å². The number of hydrogen-bond acceptors (Lipinski definition) is 3. The highest BCUT2D eigenvalue weighted by Gasteiger charge is 2.50. The monoisotopic (exact) mass is 461 g/mol. The molecule has 32 heavy (non-hydrogen) atoms. The molecular weight excluding hydrogens is 426 g/mol. The number of piperidine rings is 1. The van der Waals surface area contributed by atoms with Crippen molar-refractivity contribution in [1.29, 1.82) is 0 Å². The zero-order chi connectivity index (χ0) is 22.9. The van der Waals surface area contributed by atoms with Gasteiger partial charge in [0.2, 0.25) is 5.91 Å². The summed E-state index contributed by atoms with van der Waals surface area (Å²) in [5, 5.41) is 18.4. The van der Waals surface area contributed by atoms with Gasteiger partial charge in [-0.2, -0.15) is 0 Å². The summed E-state index contributed by atoms with van der Waals surface area (Å²) in [7, 11) is 0. The van der Waals surface area contributed by atoms with Gasteiger partial charge in [0.05, 0.1) is 11.5 Å². The third-order valence-electron chi connectivity index (χ3n) is 7.92. The minimum atomic E-state index is -1.02. The Labute approximate surface area is 196 Å². The van der Waals surface area contributed by atoms with Crippen molar-refractivity contribution in [3.05, 3.63) is 34.9 Å². The van der Waals surface area contributed by atoms with Crippen LogP contribution in [0.4, 0.5) is 4.79 Å². The van der Waals surface area contributed by atoms with Crippen molar-refractivity contribution in [2.75, 3.05) is 13.1 Å². The van der Waals surface area contributed by atoms with Crippen molar-refractivity contribution in [2.45, 2.75) is 82.9 Å². The molecule has 0 spiro atoms. The van der Waals surface area contributed by atoms with Gasteiger partial charge in [0.1, 0.15) is 0 Å². The van der Waals surface area contributed by atoms with Crippen LogP contribution >= 0.6 is 11.6 Å². The molecule has 176 valence electrons. The Morgan fingerprint density at radius 2 is 1.72 bits per heavy atom. The smallest absolute Gasteiger partial charge is 0.315 e. The average Bonchev–Trinajstić information content (AvgIpc) is 3.42. The normalized spacial score (nSPS) is 30.3. The number of rotatable bonds is 4. The second kappa shape index (κ2) is 9.22. The van der Waals surface area contributed by atoms with Gasteiger partial charge >= 0.3 is 6.03 Å². The molecule has 3 amide bonds. The molecule has 3 atom stereocenters. The standard InChI is InChI=1S/C25H36ClN3O3/c1-24(2)16-29(15-14-25(24,32)17-10-12-18(26)13-11-17)22(30)20-8-5-9-21(20)28-23(31)27-19-6-3-4-7-19/h10-13,19-21,32H,3-9,14-16H2,1-2H3,(H2,27,28,31)/t20-,21+,25-/m0/s1. The lowest BCUT2D eigenvalue weighted by Gasteiger charge is -2.51. The van der Waals surface area contributed by atoms with Crippen LogP contribution in [0.25, 0.3) is 0 Å². The summed E-state index contributed by atoms with van der Waals surface area (Å²) in [4.78, 5) is 27.8. The van der Waals surface area contributed by atoms with E-state index >= 15 is 0 Å². The molecule has 7 heteroatoms. The summed E-state index contributed by atoms with van der Waals surface area (Å²) in [5.74, 6) is -0.0956. The van der Waals surface area contributed by atoms with E-state index in [9.17, 15) is 14.7 Å². The second-order valence-electron chi connectivity index (χ2n) is 10.5. The molecule has 2 aliphatic carbocycles. The fourth-order valence-corrected chi connectivity index (χ4v) is 6.03. The number of carbonyl (C=O) groups is 2. The number of nitrogens with one attached hydrogen (secondary N) is 2. The van der Waals surface area contributed by atoms with Crippen molar-refractivity contribution in [3.8, 4) is 0 Å². The van der Waals surface area contributed by atoms with Crippen LogP contribution in [0, 0.1) is 11.3 Å². The van der Waals surface area contributed by atoms with Gasteiger partial charge in [-0.1, -0.05) is 56.8 Å². The average molecular weight is 462 g/mol. The lowest BCUT2D eigenvalue weighted by molar-refractivity contribution is -0.156. The molecule has 0 bridgehead atoms. The highest BCUT2D eigenvalue weighted by atomic mass is 35.5. The Bertz CT molecular complexity index is 837. The molecule has 6 nitrogen and oxygen atoms in total. The number of halogens is 1. The van der Waals surface area contributed by atoms with Crippen molar-refractivity contribution in [3.63, 3.8) is 0 Å². The minimum absolute atomic E-state index is 0.0971. The first kappa shape index (κ1) is 23.4. The van der Waals surface area contributed by atoms with Gasteiger partial charge in [0, 0.05) is 35.6 Å². The first-order chi connectivity index (χ1) is 15.2. The van der Waals surface area contributed by atoms with Crippen LogP contribution in [-0.2, 0) is 10.4 Å². The zero-order valence-electron chi connectivity index (χ0n) is 19.2. The highest BCUT2D eigenvalue weighted by molar-refractivity contribution is 6.30. The number of benzene rings is 1. The van der Waals surface area contributed by atoms with E-state index in [1.807, 2.05) is 30.9 Å². The second-order valence-corrected chi connectivity index (χ2v) is 10.9. The summed E-state index contributed by atoms with van der Waals surface area (Å²) < 4.78 is 0. The van der Waals surface area contributed by atoms with E-state index in [0.29, 0.717) is 24.5 Å². The first-order valence-corrected chi connectivity index (χ1v) is 12.4. The number of amides is 3. The molecule has 2 saturated carbocycles. The number of carbonyl (C=O) groups excluding carboxylic acids is 2. The quantitative estimate of drug-likeness (QED) is 0.628. The van der Waals surface area contributed by atoms with Crippen LogP contribution in [0.5, 0.6) is 0 Å². The number of urea groups is 1. The SMILES string of the molecule is CC1(C)CN(C(=O)[C@H]2CCC[C@H]2NC(=O)NC2CCCC2)CC[C@]1(O)c1ccc(Cl)cc1. The lowest BCUT2D eigenvalue weighted by Crippen LogP contribution is -2.58. The Balaban J connectivity index is 1.40. The molecule has 1 aliphatic heterocycles. The summed E-state index contributed by atoms with van der Waals surface area (Å²) >= 11 is 6.03. The van der Waals surface area contributed by atoms with Gasteiger partial charge in [-0.3, -0.25) is 4.79 Å². The van der Waals surface area contributed by atoms with Crippen LogP contribution in [0.15, 0.2) is 24.3 Å². The number of hydrogen-bond donors (Lipinski definition) is 3. The maximum atomic E-state index is 13.5. The van der Waals surface area contributed by atoms with E-state index in [0.717, 1.165) is 37.7 Å². The Kier molecular flexibility index (Phi) is 6.73. The molecule has 1 aromatic carbocycles. The highest BCUT2D eigenvalue weighted by Crippen LogP contribution is 2.46. The van der Waals surface area contributed by atoms with Crippen molar-refractivity contribution in [2.24, 2.45) is 11.3 Å². The summed E-state index contributed by atoms with van der Waals surface area (Å²) in [5.41, 5.74) is -0.707. The van der Waals surface area contributed by atoms with E-state index in [2.05, 4.69) is 10.6 Å². The van der Waals surface area contributed by atoms with E-state index < -0.39 is 11.0 Å². The number of likely N-dealkylation sites (tertiary alicyclic amines) is 1. The van der Waals surface area contributed by atoms with Gasteiger partial charge in [-0.25, -0.2) is 4.79 Å². The van der Waals surface area contributed by atoms with E-state index in [-0.39, 0.29) is 29.9 Å². The molecule has 0 radical (unpaired) electrons. The summed E-state index contributed by atoms with van der Waals surface area (Å²) in [6.07, 6.45) is 7.47. The van der Waals surface area contributed by atoms with Crippen LogP contribution < -0.4 is 10.6 Å². The van der Waals surface area contributed by atoms with Crippen molar-refractivity contribution >= 4 is 23.5 Å². The van der Waals surface area contributed by atoms with Crippen LogP contribution in [-0.4, -0.2) is 47.1 Å². The zero-order valence-corrected chi connectivity index (χ0v) is 20.0. The van der Waals surface area contributed by atoms with Gasteiger partial charge in [0.15, 0.2) is 0 Å². The summed E-state index contributed by atoms with van der Waals surface area (Å²) in [6.45, 7) is 5.00. The molecule has 3 N–H and O–H groups in total. The predicted octanol–water partition coefficient (Wildman–Crippen LogP) is 4.20. The third-order valence-corrected chi connectivity index (χ3v) is 8.17.